The van der Waals surface area contributed by atoms with Crippen molar-refractivity contribution in [3.8, 4) is 0 Å². The van der Waals surface area contributed by atoms with Gasteiger partial charge in [0.25, 0.3) is 0 Å². The van der Waals surface area contributed by atoms with Gasteiger partial charge in [-0.05, 0) is 17.7 Å². The van der Waals surface area contributed by atoms with Crippen LogP contribution in [0.15, 0.2) is 12.1 Å². The maximum Gasteiger partial charge on any atom is 0.307 e. The summed E-state index contributed by atoms with van der Waals surface area (Å²) in [5.74, 6) is -0.972. The van der Waals surface area contributed by atoms with Crippen molar-refractivity contribution >= 4 is 40.8 Å². The van der Waals surface area contributed by atoms with Gasteiger partial charge in [0.15, 0.2) is 0 Å². The zero-order chi connectivity index (χ0) is 10.0. The summed E-state index contributed by atoms with van der Waals surface area (Å²) in [5.41, 5.74) is 0.423. The first kappa shape index (κ1) is 10.6. The van der Waals surface area contributed by atoms with E-state index >= 15 is 0 Å². The van der Waals surface area contributed by atoms with Crippen molar-refractivity contribution in [2.75, 3.05) is 0 Å². The molecule has 2 nitrogen and oxygen atoms in total. The number of hydrogen-bond acceptors (Lipinski definition) is 1. The molecule has 70 valence electrons. The largest absolute Gasteiger partial charge is 0.481 e. The van der Waals surface area contributed by atoms with Crippen LogP contribution in [0.2, 0.25) is 15.1 Å². The van der Waals surface area contributed by atoms with E-state index in [2.05, 4.69) is 0 Å². The van der Waals surface area contributed by atoms with E-state index in [1.165, 1.54) is 12.1 Å². The summed E-state index contributed by atoms with van der Waals surface area (Å²) in [4.78, 5) is 10.4. The van der Waals surface area contributed by atoms with E-state index in [0.29, 0.717) is 10.6 Å². The second-order valence-corrected chi connectivity index (χ2v) is 3.65. The Bertz CT molecular complexity index is 349. The molecule has 0 heterocycles. The van der Waals surface area contributed by atoms with Crippen LogP contribution in [0.25, 0.3) is 0 Å². The number of carboxylic acids is 1. The van der Waals surface area contributed by atoms with E-state index in [1.54, 1.807) is 0 Å². The molecular weight excluding hydrogens is 234 g/mol. The quantitative estimate of drug-likeness (QED) is 0.804. The Morgan fingerprint density at radius 1 is 1.31 bits per heavy atom. The summed E-state index contributed by atoms with van der Waals surface area (Å²) in [5, 5.41) is 9.42. The molecule has 0 bridgehead atoms. The number of halogens is 3. The lowest BCUT2D eigenvalue weighted by Crippen LogP contribution is -2.00. The summed E-state index contributed by atoms with van der Waals surface area (Å²) in [6.07, 6.45) is -0.181. The van der Waals surface area contributed by atoms with E-state index in [9.17, 15) is 4.79 Å². The van der Waals surface area contributed by atoms with Gasteiger partial charge >= 0.3 is 5.97 Å². The predicted molar refractivity (Wildman–Crippen MR) is 52.8 cm³/mol. The molecule has 0 spiro atoms. The molecular formula is C8H5Cl3O2. The molecule has 5 heteroatoms. The molecule has 1 aromatic rings. The van der Waals surface area contributed by atoms with Gasteiger partial charge in [0.1, 0.15) is 0 Å². The molecule has 0 aliphatic rings. The molecule has 1 aromatic carbocycles. The summed E-state index contributed by atoms with van der Waals surface area (Å²) in [6.45, 7) is 0. The highest BCUT2D eigenvalue weighted by molar-refractivity contribution is 6.43. The molecule has 1 rings (SSSR count). The maximum atomic E-state index is 10.4. The third kappa shape index (κ3) is 2.76. The van der Waals surface area contributed by atoms with Gasteiger partial charge in [0.05, 0.1) is 16.5 Å². The molecule has 0 aliphatic carbocycles. The Labute approximate surface area is 90.0 Å². The Hall–Kier alpha value is -0.440. The van der Waals surface area contributed by atoms with Gasteiger partial charge in [0, 0.05) is 5.02 Å². The summed E-state index contributed by atoms with van der Waals surface area (Å²) < 4.78 is 0. The highest BCUT2D eigenvalue weighted by Gasteiger charge is 2.09. The van der Waals surface area contributed by atoms with Gasteiger partial charge in [-0.15, -0.1) is 0 Å². The lowest BCUT2D eigenvalue weighted by Gasteiger charge is -2.03. The predicted octanol–water partition coefficient (Wildman–Crippen LogP) is 3.27. The molecule has 0 amide bonds. The average Bonchev–Trinajstić information content (AvgIpc) is 1.98. The van der Waals surface area contributed by atoms with E-state index in [0.717, 1.165) is 0 Å². The normalized spacial score (nSPS) is 10.1. The van der Waals surface area contributed by atoms with Gasteiger partial charge in [-0.2, -0.15) is 0 Å². The first-order valence-corrected chi connectivity index (χ1v) is 4.49. The Kier molecular flexibility index (Phi) is 3.42. The molecule has 0 aliphatic heterocycles. The molecule has 1 N–H and O–H groups in total. The summed E-state index contributed by atoms with van der Waals surface area (Å²) in [7, 11) is 0. The van der Waals surface area contributed by atoms with Crippen molar-refractivity contribution in [3.63, 3.8) is 0 Å². The van der Waals surface area contributed by atoms with Crippen LogP contribution < -0.4 is 0 Å². The van der Waals surface area contributed by atoms with Crippen molar-refractivity contribution in [2.45, 2.75) is 6.42 Å². The van der Waals surface area contributed by atoms with Gasteiger partial charge in [0.2, 0.25) is 0 Å². The Morgan fingerprint density at radius 3 is 2.46 bits per heavy atom. The molecule has 0 atom stereocenters. The Balaban J connectivity index is 3.12. The lowest BCUT2D eigenvalue weighted by molar-refractivity contribution is -0.136. The number of carboxylic acid groups (broad SMARTS) is 1. The fraction of sp³-hybridized carbons (Fsp3) is 0.125. The van der Waals surface area contributed by atoms with Gasteiger partial charge in [-0.1, -0.05) is 34.8 Å². The number of aliphatic carboxylic acids is 1. The number of rotatable bonds is 2. The smallest absolute Gasteiger partial charge is 0.307 e. The van der Waals surface area contributed by atoms with Crippen molar-refractivity contribution in [1.29, 1.82) is 0 Å². The molecule has 0 saturated carbocycles. The van der Waals surface area contributed by atoms with Crippen LogP contribution in [-0.2, 0) is 11.2 Å². The molecule has 0 aromatic heterocycles. The highest BCUT2D eigenvalue weighted by Crippen LogP contribution is 2.29. The highest BCUT2D eigenvalue weighted by atomic mass is 35.5. The van der Waals surface area contributed by atoms with Gasteiger partial charge in [-0.25, -0.2) is 0 Å². The second-order valence-electron chi connectivity index (χ2n) is 2.43. The fourth-order valence-corrected chi connectivity index (χ4v) is 1.61. The maximum absolute atomic E-state index is 10.4. The van der Waals surface area contributed by atoms with Gasteiger partial charge < -0.3 is 5.11 Å². The first-order chi connectivity index (χ1) is 6.00. The minimum Gasteiger partial charge on any atom is -0.481 e. The van der Waals surface area contributed by atoms with Crippen molar-refractivity contribution in [2.24, 2.45) is 0 Å². The van der Waals surface area contributed by atoms with Crippen LogP contribution in [0.5, 0.6) is 0 Å². The molecule has 0 saturated heterocycles. The first-order valence-electron chi connectivity index (χ1n) is 3.36. The van der Waals surface area contributed by atoms with Crippen LogP contribution in [0.1, 0.15) is 5.56 Å². The van der Waals surface area contributed by atoms with Crippen molar-refractivity contribution in [1.82, 2.24) is 0 Å². The zero-order valence-corrected chi connectivity index (χ0v) is 8.62. The second kappa shape index (κ2) is 4.18. The minimum atomic E-state index is -0.972. The van der Waals surface area contributed by atoms with E-state index in [-0.39, 0.29) is 16.5 Å². The van der Waals surface area contributed by atoms with E-state index in [4.69, 9.17) is 39.9 Å². The minimum absolute atomic E-state index is 0.181. The van der Waals surface area contributed by atoms with Crippen LogP contribution >= 0.6 is 34.8 Å². The van der Waals surface area contributed by atoms with Crippen LogP contribution in [-0.4, -0.2) is 11.1 Å². The topological polar surface area (TPSA) is 37.3 Å². The number of benzene rings is 1. The summed E-state index contributed by atoms with van der Waals surface area (Å²) >= 11 is 17.1. The van der Waals surface area contributed by atoms with Crippen molar-refractivity contribution in [3.05, 3.63) is 32.8 Å². The van der Waals surface area contributed by atoms with Crippen LogP contribution in [0, 0.1) is 0 Å². The summed E-state index contributed by atoms with van der Waals surface area (Å²) in [6, 6.07) is 2.96. The fourth-order valence-electron chi connectivity index (χ4n) is 0.901. The average molecular weight is 239 g/mol. The SMILES string of the molecule is O=C(O)Cc1cc(Cl)cc(Cl)c1Cl. The number of hydrogen-bond donors (Lipinski definition) is 1. The van der Waals surface area contributed by atoms with E-state index < -0.39 is 5.97 Å². The third-order valence-electron chi connectivity index (χ3n) is 1.41. The molecule has 0 radical (unpaired) electrons. The third-order valence-corrected chi connectivity index (χ3v) is 2.47. The molecule has 0 unspecified atom stereocenters. The lowest BCUT2D eigenvalue weighted by atomic mass is 10.1. The van der Waals surface area contributed by atoms with E-state index in [1.807, 2.05) is 0 Å². The Morgan fingerprint density at radius 2 is 1.92 bits per heavy atom. The van der Waals surface area contributed by atoms with Crippen LogP contribution in [0.3, 0.4) is 0 Å². The van der Waals surface area contributed by atoms with Crippen LogP contribution in [0.4, 0.5) is 0 Å². The van der Waals surface area contributed by atoms with Gasteiger partial charge in [-0.3, -0.25) is 4.79 Å². The standard InChI is InChI=1S/C8H5Cl3O2/c9-5-1-4(2-7(12)13)8(11)6(10)3-5/h1,3H,2H2,(H,12,13). The van der Waals surface area contributed by atoms with Crippen molar-refractivity contribution < 1.29 is 9.90 Å². The molecule has 13 heavy (non-hydrogen) atoms. The zero-order valence-electron chi connectivity index (χ0n) is 6.35. The molecule has 0 fully saturated rings. The monoisotopic (exact) mass is 238 g/mol. The number of carbonyl (C=O) groups is 1.